The van der Waals surface area contributed by atoms with Gasteiger partial charge >= 0.3 is 5.97 Å². The Morgan fingerprint density at radius 3 is 2.64 bits per heavy atom. The van der Waals surface area contributed by atoms with Crippen molar-refractivity contribution < 1.29 is 14.4 Å². The minimum atomic E-state index is -0.340. The highest BCUT2D eigenvalue weighted by Crippen LogP contribution is 2.25. The summed E-state index contributed by atoms with van der Waals surface area (Å²) in [6, 6.07) is 5.18. The predicted octanol–water partition coefficient (Wildman–Crippen LogP) is 2.98. The van der Waals surface area contributed by atoms with E-state index in [4.69, 9.17) is 28.0 Å². The van der Waals surface area contributed by atoms with Crippen LogP contribution >= 0.6 is 23.2 Å². The van der Waals surface area contributed by atoms with Crippen LogP contribution in [0.15, 0.2) is 24.3 Å². The minimum absolute atomic E-state index is 0.121. The molecule has 0 saturated carbocycles. The first-order chi connectivity index (χ1) is 10.4. The lowest BCUT2D eigenvalue weighted by molar-refractivity contribution is -0.139. The molecule has 1 rings (SSSR count). The zero-order valence-electron chi connectivity index (χ0n) is 12.9. The van der Waals surface area contributed by atoms with Crippen molar-refractivity contribution in [3.05, 3.63) is 39.9 Å². The van der Waals surface area contributed by atoms with Gasteiger partial charge in [-0.3, -0.25) is 15.1 Å². The topological polar surface area (TPSA) is 50.8 Å². The highest BCUT2D eigenvalue weighted by atomic mass is 35.5. The van der Waals surface area contributed by atoms with Crippen LogP contribution in [0.2, 0.25) is 10.0 Å². The molecule has 1 aromatic carbocycles. The number of likely N-dealkylation sites (N-methyl/N-ethyl adjacent to an activating group) is 1. The average molecular weight is 347 g/mol. The molecule has 0 saturated heterocycles. The van der Waals surface area contributed by atoms with Gasteiger partial charge in [0.15, 0.2) is 0 Å². The van der Waals surface area contributed by atoms with Gasteiger partial charge in [0, 0.05) is 12.1 Å². The summed E-state index contributed by atoms with van der Waals surface area (Å²) in [5, 5.41) is 0.893. The molecular formula is C15H20Cl2N2O3. The van der Waals surface area contributed by atoms with Crippen LogP contribution in [-0.2, 0) is 14.4 Å². The lowest BCUT2D eigenvalue weighted by Gasteiger charge is -2.14. The minimum Gasteiger partial charge on any atom is -0.469 e. The zero-order valence-corrected chi connectivity index (χ0v) is 14.4. The normalized spacial score (nSPS) is 11.6. The Morgan fingerprint density at radius 1 is 1.32 bits per heavy atom. The molecule has 5 nitrogen and oxygen atoms in total. The van der Waals surface area contributed by atoms with E-state index in [9.17, 15) is 4.79 Å². The molecule has 22 heavy (non-hydrogen) atoms. The number of hydrogen-bond donors (Lipinski definition) is 1. The van der Waals surface area contributed by atoms with Crippen LogP contribution < -0.4 is 5.48 Å². The highest BCUT2D eigenvalue weighted by Gasteiger charge is 2.07. The van der Waals surface area contributed by atoms with Crippen molar-refractivity contribution in [2.24, 2.45) is 0 Å². The van der Waals surface area contributed by atoms with Gasteiger partial charge in [0.1, 0.15) is 0 Å². The predicted molar refractivity (Wildman–Crippen MR) is 88.7 cm³/mol. The number of benzene rings is 1. The number of carbonyl (C=O) groups is 1. The van der Waals surface area contributed by atoms with Gasteiger partial charge in [-0.1, -0.05) is 29.3 Å². The summed E-state index contributed by atoms with van der Waals surface area (Å²) in [5.41, 5.74) is 4.24. The third-order valence-electron chi connectivity index (χ3n) is 2.75. The van der Waals surface area contributed by atoms with Gasteiger partial charge in [-0.25, -0.2) is 0 Å². The number of methoxy groups -OCH3 is 1. The molecule has 0 amide bonds. The second-order valence-corrected chi connectivity index (χ2v) is 5.60. The molecule has 7 heteroatoms. The summed E-state index contributed by atoms with van der Waals surface area (Å²) in [6.07, 6.45) is 1.80. The van der Waals surface area contributed by atoms with E-state index in [-0.39, 0.29) is 12.4 Å². The first-order valence-electron chi connectivity index (χ1n) is 6.69. The first kappa shape index (κ1) is 18.8. The second kappa shape index (κ2) is 9.69. The SMILES string of the molecule is COC(=O)C/C=C(\NOCCN(C)C)c1ccc(Cl)c(Cl)c1. The Bertz CT molecular complexity index is 534. The average Bonchev–Trinajstić information content (AvgIpc) is 2.48. The van der Waals surface area contributed by atoms with E-state index in [0.29, 0.717) is 22.3 Å². The molecule has 0 aliphatic rings. The molecule has 0 radical (unpaired) electrons. The Hall–Kier alpha value is -1.27. The number of hydrogen-bond acceptors (Lipinski definition) is 5. The van der Waals surface area contributed by atoms with Crippen LogP contribution in [-0.4, -0.2) is 45.2 Å². The largest absolute Gasteiger partial charge is 0.469 e. The van der Waals surface area contributed by atoms with Crippen molar-refractivity contribution in [2.75, 3.05) is 34.4 Å². The van der Waals surface area contributed by atoms with E-state index in [0.717, 1.165) is 12.1 Å². The van der Waals surface area contributed by atoms with Gasteiger partial charge in [-0.15, -0.1) is 0 Å². The van der Waals surface area contributed by atoms with Gasteiger partial charge in [-0.2, -0.15) is 0 Å². The smallest absolute Gasteiger partial charge is 0.309 e. The number of ether oxygens (including phenoxy) is 1. The Labute approximate surface area is 140 Å². The number of rotatable bonds is 8. The fourth-order valence-electron chi connectivity index (χ4n) is 1.51. The molecular weight excluding hydrogens is 327 g/mol. The maximum Gasteiger partial charge on any atom is 0.309 e. The Morgan fingerprint density at radius 2 is 2.05 bits per heavy atom. The number of esters is 1. The third-order valence-corrected chi connectivity index (χ3v) is 3.49. The molecule has 122 valence electrons. The lowest BCUT2D eigenvalue weighted by Crippen LogP contribution is -2.23. The molecule has 0 bridgehead atoms. The van der Waals surface area contributed by atoms with Crippen molar-refractivity contribution in [3.8, 4) is 0 Å². The van der Waals surface area contributed by atoms with E-state index in [1.807, 2.05) is 19.0 Å². The molecule has 0 aromatic heterocycles. The third kappa shape index (κ3) is 6.66. The molecule has 0 aliphatic heterocycles. The second-order valence-electron chi connectivity index (χ2n) is 4.78. The van der Waals surface area contributed by atoms with Crippen LogP contribution in [0.25, 0.3) is 5.70 Å². The van der Waals surface area contributed by atoms with Crippen molar-refractivity contribution in [2.45, 2.75) is 6.42 Å². The lowest BCUT2D eigenvalue weighted by atomic mass is 10.1. The van der Waals surface area contributed by atoms with Crippen molar-refractivity contribution in [1.82, 2.24) is 10.4 Å². The maximum absolute atomic E-state index is 11.3. The number of carbonyl (C=O) groups excluding carboxylic acids is 1. The number of nitrogens with zero attached hydrogens (tertiary/aromatic N) is 1. The highest BCUT2D eigenvalue weighted by molar-refractivity contribution is 6.42. The van der Waals surface area contributed by atoms with E-state index in [2.05, 4.69) is 10.2 Å². The molecule has 0 fully saturated rings. The summed E-state index contributed by atoms with van der Waals surface area (Å²) < 4.78 is 4.63. The van der Waals surface area contributed by atoms with E-state index in [1.54, 1.807) is 24.3 Å². The molecule has 0 atom stereocenters. The number of hydroxylamine groups is 1. The quantitative estimate of drug-likeness (QED) is 0.445. The van der Waals surface area contributed by atoms with Crippen LogP contribution in [0.4, 0.5) is 0 Å². The van der Waals surface area contributed by atoms with Gasteiger partial charge < -0.3 is 9.64 Å². The molecule has 0 heterocycles. The van der Waals surface area contributed by atoms with Crippen molar-refractivity contribution >= 4 is 34.9 Å². The molecule has 1 aromatic rings. The fourth-order valence-corrected chi connectivity index (χ4v) is 1.81. The van der Waals surface area contributed by atoms with Gasteiger partial charge in [0.25, 0.3) is 0 Å². The van der Waals surface area contributed by atoms with Gasteiger partial charge in [0.05, 0.1) is 35.9 Å². The van der Waals surface area contributed by atoms with E-state index >= 15 is 0 Å². The molecule has 1 N–H and O–H groups in total. The van der Waals surface area contributed by atoms with Crippen LogP contribution in [0.5, 0.6) is 0 Å². The van der Waals surface area contributed by atoms with Crippen molar-refractivity contribution in [1.29, 1.82) is 0 Å². The van der Waals surface area contributed by atoms with Gasteiger partial charge in [0.2, 0.25) is 0 Å². The monoisotopic (exact) mass is 346 g/mol. The summed E-state index contributed by atoms with van der Waals surface area (Å²) in [6.45, 7) is 1.25. The summed E-state index contributed by atoms with van der Waals surface area (Å²) in [5.74, 6) is -0.340. The number of nitrogens with one attached hydrogen (secondary N) is 1. The zero-order chi connectivity index (χ0) is 16.5. The standard InChI is InChI=1S/C15H20Cl2N2O3/c1-19(2)8-9-22-18-14(6-7-15(20)21-3)11-4-5-12(16)13(17)10-11/h4-6,10,18H,7-9H2,1-3H3/b14-6-. The van der Waals surface area contributed by atoms with E-state index in [1.165, 1.54) is 7.11 Å². The van der Waals surface area contributed by atoms with Crippen LogP contribution in [0.3, 0.4) is 0 Å². The van der Waals surface area contributed by atoms with Crippen LogP contribution in [0.1, 0.15) is 12.0 Å². The Balaban J connectivity index is 2.80. The first-order valence-corrected chi connectivity index (χ1v) is 7.44. The molecule has 0 unspecified atom stereocenters. The summed E-state index contributed by atoms with van der Waals surface area (Å²) >= 11 is 11.9. The molecule has 0 aliphatic carbocycles. The van der Waals surface area contributed by atoms with Gasteiger partial charge in [-0.05, 0) is 32.3 Å². The number of halogens is 2. The fraction of sp³-hybridized carbons (Fsp3) is 0.400. The van der Waals surface area contributed by atoms with E-state index < -0.39 is 0 Å². The maximum atomic E-state index is 11.3. The summed E-state index contributed by atoms with van der Waals surface area (Å²) in [4.78, 5) is 18.7. The molecule has 0 spiro atoms. The summed E-state index contributed by atoms with van der Waals surface area (Å²) in [7, 11) is 5.25. The van der Waals surface area contributed by atoms with Crippen LogP contribution in [0, 0.1) is 0 Å². The Kier molecular flexibility index (Phi) is 8.27. The van der Waals surface area contributed by atoms with Crippen molar-refractivity contribution in [3.63, 3.8) is 0 Å².